The SMILES string of the molecule is CP(C)(=O)c1ccc(-c2cccn3nc(N(CC[S+]=O)c4cccc(C5CCN(CCS(C)(=O)=O)CC5)c4)nc23)cc1. The fraction of sp³-hybridized carbons (Fsp3) is 0.400. The van der Waals surface area contributed by atoms with Crippen LogP contribution in [0, 0.1) is 0 Å². The van der Waals surface area contributed by atoms with Crippen LogP contribution in [0.1, 0.15) is 24.3 Å². The highest BCUT2D eigenvalue weighted by Crippen LogP contribution is 2.36. The van der Waals surface area contributed by atoms with Gasteiger partial charge in [0.15, 0.2) is 5.65 Å². The van der Waals surface area contributed by atoms with E-state index in [0.717, 1.165) is 48.0 Å². The number of nitrogens with zero attached hydrogens (tertiary/aromatic N) is 5. The van der Waals surface area contributed by atoms with Gasteiger partial charge in [-0.15, -0.1) is 5.10 Å². The van der Waals surface area contributed by atoms with E-state index in [9.17, 15) is 17.2 Å². The largest absolute Gasteiger partial charge is 0.460 e. The maximum atomic E-state index is 12.5. The quantitative estimate of drug-likeness (QED) is 0.178. The normalized spacial score (nSPS) is 15.2. The lowest BCUT2D eigenvalue weighted by atomic mass is 9.89. The third-order valence-electron chi connectivity index (χ3n) is 7.81. The first kappa shape index (κ1) is 30.5. The second kappa shape index (κ2) is 12.7. The summed E-state index contributed by atoms with van der Waals surface area (Å²) in [6.45, 7) is 6.31. The number of fused-ring (bicyclic) bond motifs is 1. The Morgan fingerprint density at radius 3 is 2.45 bits per heavy atom. The standard InChI is InChI=1S/C30H37N5O4PS2/c1-40(2,36)27-11-9-24(10-12-27)28-8-5-15-35-29(28)31-30(32-35)34(18-20-41-37)26-7-4-6-25(22-26)23-13-16-33(17-14-23)19-21-42(3,38)39/h4-12,15,22-23H,13-14,16-21H2,1-3H3/q+1. The number of aromatic nitrogens is 3. The molecule has 2 aromatic heterocycles. The summed E-state index contributed by atoms with van der Waals surface area (Å²) in [5, 5.41) is 5.63. The van der Waals surface area contributed by atoms with E-state index in [1.54, 1.807) is 17.8 Å². The van der Waals surface area contributed by atoms with Gasteiger partial charge in [0.1, 0.15) is 17.0 Å². The Morgan fingerprint density at radius 2 is 1.79 bits per heavy atom. The number of likely N-dealkylation sites (tertiary alicyclic amines) is 1. The molecule has 3 heterocycles. The average Bonchev–Trinajstić information content (AvgIpc) is 3.40. The molecule has 1 aliphatic heterocycles. The predicted molar refractivity (Wildman–Crippen MR) is 172 cm³/mol. The van der Waals surface area contributed by atoms with Crippen molar-refractivity contribution >= 4 is 51.2 Å². The molecule has 0 amide bonds. The Balaban J connectivity index is 1.41. The van der Waals surface area contributed by atoms with Crippen LogP contribution in [-0.4, -0.2) is 85.2 Å². The zero-order valence-electron chi connectivity index (χ0n) is 24.2. The number of hydrogen-bond acceptors (Lipinski definition) is 8. The molecule has 0 spiro atoms. The van der Waals surface area contributed by atoms with Crippen molar-refractivity contribution in [2.24, 2.45) is 0 Å². The molecule has 2 aromatic carbocycles. The lowest BCUT2D eigenvalue weighted by molar-refractivity contribution is 0.223. The smallest absolute Gasteiger partial charge is 0.319 e. The molecule has 0 atom stereocenters. The molecule has 0 radical (unpaired) electrons. The summed E-state index contributed by atoms with van der Waals surface area (Å²) >= 11 is 0.543. The monoisotopic (exact) mass is 626 g/mol. The van der Waals surface area contributed by atoms with Crippen molar-refractivity contribution in [3.63, 3.8) is 0 Å². The summed E-state index contributed by atoms with van der Waals surface area (Å²) in [6, 6.07) is 20.1. The molecule has 0 saturated carbocycles. The predicted octanol–water partition coefficient (Wildman–Crippen LogP) is 4.43. The fourth-order valence-electron chi connectivity index (χ4n) is 5.44. The van der Waals surface area contributed by atoms with Crippen LogP contribution in [0.5, 0.6) is 0 Å². The number of sulfone groups is 1. The van der Waals surface area contributed by atoms with Crippen LogP contribution in [0.3, 0.4) is 0 Å². The molecule has 0 unspecified atom stereocenters. The van der Waals surface area contributed by atoms with Gasteiger partial charge in [-0.05, 0) is 80.6 Å². The molecule has 0 aliphatic carbocycles. The van der Waals surface area contributed by atoms with E-state index in [1.807, 2.05) is 59.6 Å². The van der Waals surface area contributed by atoms with Crippen LogP contribution >= 0.6 is 7.14 Å². The molecular formula is C30H37N5O4PS2+. The van der Waals surface area contributed by atoms with Crippen LogP contribution in [0.2, 0.25) is 0 Å². The number of anilines is 2. The highest BCUT2D eigenvalue weighted by Gasteiger charge is 2.24. The minimum atomic E-state index is -2.97. The lowest BCUT2D eigenvalue weighted by Gasteiger charge is -2.32. The second-order valence-electron chi connectivity index (χ2n) is 11.3. The van der Waals surface area contributed by atoms with Crippen LogP contribution in [0.15, 0.2) is 66.9 Å². The second-order valence-corrected chi connectivity index (χ2v) is 17.4. The Morgan fingerprint density at radius 1 is 1.05 bits per heavy atom. The average molecular weight is 627 g/mol. The lowest BCUT2D eigenvalue weighted by Crippen LogP contribution is -2.36. The summed E-state index contributed by atoms with van der Waals surface area (Å²) in [7, 11) is -5.32. The van der Waals surface area contributed by atoms with Gasteiger partial charge in [-0.1, -0.05) is 36.4 Å². The molecule has 1 fully saturated rings. The highest BCUT2D eigenvalue weighted by molar-refractivity contribution is 7.90. The molecule has 12 heteroatoms. The third kappa shape index (κ3) is 7.32. The van der Waals surface area contributed by atoms with Gasteiger partial charge in [-0.3, -0.25) is 0 Å². The number of rotatable bonds is 11. The summed E-state index contributed by atoms with van der Waals surface area (Å²) in [4.78, 5) is 9.17. The van der Waals surface area contributed by atoms with Crippen molar-refractivity contribution in [3.8, 4) is 11.1 Å². The van der Waals surface area contributed by atoms with E-state index in [4.69, 9.17) is 10.1 Å². The van der Waals surface area contributed by atoms with Gasteiger partial charge in [-0.25, -0.2) is 12.9 Å². The minimum Gasteiger partial charge on any atom is -0.319 e. The first-order chi connectivity index (χ1) is 20.0. The fourth-order valence-corrected chi connectivity index (χ4v) is 7.15. The van der Waals surface area contributed by atoms with Gasteiger partial charge in [0.05, 0.1) is 12.3 Å². The van der Waals surface area contributed by atoms with Gasteiger partial charge in [0, 0.05) is 39.8 Å². The first-order valence-electron chi connectivity index (χ1n) is 14.1. The Labute approximate surface area is 251 Å². The number of piperidine rings is 1. The maximum Gasteiger partial charge on any atom is 0.460 e. The van der Waals surface area contributed by atoms with E-state index < -0.39 is 17.0 Å². The molecule has 1 saturated heterocycles. The van der Waals surface area contributed by atoms with Crippen molar-refractivity contribution in [3.05, 3.63) is 72.4 Å². The molecule has 9 nitrogen and oxygen atoms in total. The van der Waals surface area contributed by atoms with E-state index in [-0.39, 0.29) is 5.75 Å². The number of benzene rings is 2. The molecule has 5 rings (SSSR count). The van der Waals surface area contributed by atoms with Gasteiger partial charge in [0.2, 0.25) is 11.7 Å². The summed E-state index contributed by atoms with van der Waals surface area (Å²) in [5.41, 5.74) is 4.74. The van der Waals surface area contributed by atoms with Crippen molar-refractivity contribution in [1.82, 2.24) is 19.5 Å². The number of pyridine rings is 1. The molecule has 4 aromatic rings. The van der Waals surface area contributed by atoms with Crippen LogP contribution < -0.4 is 10.2 Å². The number of hydrogen-bond donors (Lipinski definition) is 0. The Hall–Kier alpha value is -2.98. The highest BCUT2D eigenvalue weighted by atomic mass is 32.2. The zero-order chi connectivity index (χ0) is 29.9. The molecule has 42 heavy (non-hydrogen) atoms. The summed E-state index contributed by atoms with van der Waals surface area (Å²) in [6.07, 6.45) is 5.08. The van der Waals surface area contributed by atoms with Gasteiger partial charge in [0.25, 0.3) is 0 Å². The summed E-state index contributed by atoms with van der Waals surface area (Å²) < 4.78 is 48.8. The van der Waals surface area contributed by atoms with E-state index >= 15 is 0 Å². The van der Waals surface area contributed by atoms with Gasteiger partial charge < -0.3 is 14.4 Å². The summed E-state index contributed by atoms with van der Waals surface area (Å²) in [5.74, 6) is 1.46. The topological polar surface area (TPSA) is 105 Å². The van der Waals surface area contributed by atoms with Gasteiger partial charge in [-0.2, -0.15) is 4.98 Å². The van der Waals surface area contributed by atoms with E-state index in [0.29, 0.717) is 48.0 Å². The van der Waals surface area contributed by atoms with Gasteiger partial charge >= 0.3 is 11.7 Å². The van der Waals surface area contributed by atoms with Crippen LogP contribution in [-0.2, 0) is 30.3 Å². The first-order valence-corrected chi connectivity index (χ1v) is 19.6. The van der Waals surface area contributed by atoms with Crippen LogP contribution in [0.4, 0.5) is 11.6 Å². The Kier molecular flexibility index (Phi) is 9.23. The maximum absolute atomic E-state index is 12.5. The third-order valence-corrected chi connectivity index (χ3v) is 10.6. The zero-order valence-corrected chi connectivity index (χ0v) is 26.7. The van der Waals surface area contributed by atoms with Crippen molar-refractivity contribution in [2.75, 3.05) is 62.2 Å². The molecule has 0 bridgehead atoms. The van der Waals surface area contributed by atoms with E-state index in [2.05, 4.69) is 17.0 Å². The Bertz CT molecular complexity index is 1710. The van der Waals surface area contributed by atoms with Crippen molar-refractivity contribution < 1.29 is 17.2 Å². The molecule has 1 aliphatic rings. The molecule has 0 N–H and O–H groups in total. The molecule has 222 valence electrons. The molecular weight excluding hydrogens is 589 g/mol. The van der Waals surface area contributed by atoms with Crippen molar-refractivity contribution in [1.29, 1.82) is 0 Å². The minimum absolute atomic E-state index is 0.193. The van der Waals surface area contributed by atoms with E-state index in [1.165, 1.54) is 11.8 Å². The van der Waals surface area contributed by atoms with Crippen LogP contribution in [0.25, 0.3) is 16.8 Å². The van der Waals surface area contributed by atoms with Crippen molar-refractivity contribution in [2.45, 2.75) is 18.8 Å².